The molecule has 0 aliphatic heterocycles. The zero-order valence-electron chi connectivity index (χ0n) is 10.5. The summed E-state index contributed by atoms with van der Waals surface area (Å²) < 4.78 is 5.11. The number of benzene rings is 1. The molecular weight excluding hydrogens is 228 g/mol. The van der Waals surface area contributed by atoms with Gasteiger partial charge in [0.05, 0.1) is 12.7 Å². The van der Waals surface area contributed by atoms with E-state index in [4.69, 9.17) is 4.52 Å². The number of aromatic nitrogens is 1. The van der Waals surface area contributed by atoms with Gasteiger partial charge in [0.15, 0.2) is 5.76 Å². The van der Waals surface area contributed by atoms with E-state index in [-0.39, 0.29) is 12.6 Å². The van der Waals surface area contributed by atoms with Crippen LogP contribution in [0.5, 0.6) is 0 Å². The van der Waals surface area contributed by atoms with Gasteiger partial charge in [-0.1, -0.05) is 35.5 Å². The first kappa shape index (κ1) is 12.8. The standard InChI is InChI=1S/C14H18N2O2/c1-16(11-13-7-9-15-18-13)14(8-10-17)12-5-3-2-4-6-12/h2-7,9,14,17H,8,10-11H2,1H3/t14-/m1/s1. The summed E-state index contributed by atoms with van der Waals surface area (Å²) in [5.74, 6) is 0.830. The Kier molecular flexibility index (Phi) is 4.50. The van der Waals surface area contributed by atoms with Crippen molar-refractivity contribution in [3.8, 4) is 0 Å². The van der Waals surface area contributed by atoms with E-state index in [9.17, 15) is 5.11 Å². The molecule has 0 spiro atoms. The first-order valence-electron chi connectivity index (χ1n) is 6.07. The normalized spacial score (nSPS) is 12.8. The minimum Gasteiger partial charge on any atom is -0.396 e. The average molecular weight is 246 g/mol. The molecule has 0 aliphatic carbocycles. The molecule has 0 bridgehead atoms. The summed E-state index contributed by atoms with van der Waals surface area (Å²) in [6, 6.07) is 12.2. The fraction of sp³-hybridized carbons (Fsp3) is 0.357. The molecule has 1 atom stereocenters. The Hall–Kier alpha value is -1.65. The number of nitrogens with zero attached hydrogens (tertiary/aromatic N) is 2. The minimum atomic E-state index is 0.167. The Bertz CT molecular complexity index is 442. The van der Waals surface area contributed by atoms with Crippen LogP contribution in [0.2, 0.25) is 0 Å². The number of hydrogen-bond acceptors (Lipinski definition) is 4. The number of aliphatic hydroxyl groups is 1. The molecule has 1 N–H and O–H groups in total. The maximum atomic E-state index is 9.21. The molecule has 0 saturated heterocycles. The monoisotopic (exact) mass is 246 g/mol. The van der Waals surface area contributed by atoms with Crippen molar-refractivity contribution in [2.24, 2.45) is 0 Å². The van der Waals surface area contributed by atoms with Gasteiger partial charge in [-0.05, 0) is 19.0 Å². The van der Waals surface area contributed by atoms with Gasteiger partial charge in [-0.3, -0.25) is 4.90 Å². The van der Waals surface area contributed by atoms with Crippen molar-refractivity contribution >= 4 is 0 Å². The van der Waals surface area contributed by atoms with Crippen LogP contribution >= 0.6 is 0 Å². The third kappa shape index (κ3) is 3.18. The van der Waals surface area contributed by atoms with Crippen LogP contribution in [0.25, 0.3) is 0 Å². The van der Waals surface area contributed by atoms with Gasteiger partial charge in [0.2, 0.25) is 0 Å². The summed E-state index contributed by atoms with van der Waals surface area (Å²) in [6.45, 7) is 0.847. The second kappa shape index (κ2) is 6.33. The minimum absolute atomic E-state index is 0.167. The van der Waals surface area contributed by atoms with Crippen molar-refractivity contribution in [3.63, 3.8) is 0 Å². The molecule has 1 aromatic carbocycles. The first-order chi connectivity index (χ1) is 8.81. The quantitative estimate of drug-likeness (QED) is 0.849. The smallest absolute Gasteiger partial charge is 0.150 e. The van der Waals surface area contributed by atoms with Crippen LogP contribution in [-0.4, -0.2) is 28.8 Å². The Labute approximate surface area is 107 Å². The molecule has 4 nitrogen and oxygen atoms in total. The first-order valence-corrected chi connectivity index (χ1v) is 6.07. The maximum absolute atomic E-state index is 9.21. The van der Waals surface area contributed by atoms with Crippen molar-refractivity contribution in [3.05, 3.63) is 53.9 Å². The zero-order chi connectivity index (χ0) is 12.8. The largest absolute Gasteiger partial charge is 0.396 e. The Balaban J connectivity index is 2.09. The predicted molar refractivity (Wildman–Crippen MR) is 68.9 cm³/mol. The molecule has 0 radical (unpaired) electrons. The number of hydrogen-bond donors (Lipinski definition) is 1. The fourth-order valence-electron chi connectivity index (χ4n) is 2.12. The van der Waals surface area contributed by atoms with Crippen LogP contribution in [-0.2, 0) is 6.54 Å². The topological polar surface area (TPSA) is 49.5 Å². The molecule has 4 heteroatoms. The van der Waals surface area contributed by atoms with Gasteiger partial charge in [0, 0.05) is 18.7 Å². The Morgan fingerprint density at radius 3 is 2.67 bits per heavy atom. The van der Waals surface area contributed by atoms with E-state index in [1.807, 2.05) is 31.3 Å². The number of rotatable bonds is 6. The maximum Gasteiger partial charge on any atom is 0.150 e. The summed E-state index contributed by atoms with van der Waals surface area (Å²) in [4.78, 5) is 2.16. The van der Waals surface area contributed by atoms with Crippen molar-refractivity contribution in [1.82, 2.24) is 10.1 Å². The Morgan fingerprint density at radius 1 is 1.28 bits per heavy atom. The van der Waals surface area contributed by atoms with E-state index >= 15 is 0 Å². The van der Waals surface area contributed by atoms with Crippen molar-refractivity contribution in [2.75, 3.05) is 13.7 Å². The summed E-state index contributed by atoms with van der Waals surface area (Å²) in [7, 11) is 2.02. The molecule has 1 heterocycles. The average Bonchev–Trinajstić information content (AvgIpc) is 2.89. The number of aliphatic hydroxyl groups excluding tert-OH is 1. The van der Waals surface area contributed by atoms with Crippen LogP contribution in [0.3, 0.4) is 0 Å². The van der Waals surface area contributed by atoms with E-state index in [1.54, 1.807) is 6.20 Å². The molecule has 96 valence electrons. The molecule has 18 heavy (non-hydrogen) atoms. The lowest BCUT2D eigenvalue weighted by molar-refractivity contribution is 0.166. The summed E-state index contributed by atoms with van der Waals surface area (Å²) >= 11 is 0. The fourth-order valence-corrected chi connectivity index (χ4v) is 2.12. The zero-order valence-corrected chi connectivity index (χ0v) is 10.5. The lowest BCUT2D eigenvalue weighted by atomic mass is 10.0. The third-order valence-corrected chi connectivity index (χ3v) is 3.02. The second-order valence-corrected chi connectivity index (χ2v) is 4.33. The summed E-state index contributed by atoms with van der Waals surface area (Å²) in [5, 5.41) is 12.9. The molecule has 0 amide bonds. The van der Waals surface area contributed by atoms with E-state index in [1.165, 1.54) is 5.56 Å². The molecular formula is C14H18N2O2. The van der Waals surface area contributed by atoms with Gasteiger partial charge in [-0.15, -0.1) is 0 Å². The van der Waals surface area contributed by atoms with Gasteiger partial charge in [0.25, 0.3) is 0 Å². The third-order valence-electron chi connectivity index (χ3n) is 3.02. The highest BCUT2D eigenvalue weighted by Gasteiger charge is 2.17. The molecule has 2 aromatic rings. The SMILES string of the molecule is CN(Cc1ccno1)[C@H](CCO)c1ccccc1. The van der Waals surface area contributed by atoms with Crippen molar-refractivity contribution < 1.29 is 9.63 Å². The highest BCUT2D eigenvalue weighted by Crippen LogP contribution is 2.24. The molecule has 1 aromatic heterocycles. The summed E-state index contributed by atoms with van der Waals surface area (Å²) in [5.41, 5.74) is 1.20. The van der Waals surface area contributed by atoms with E-state index < -0.39 is 0 Å². The van der Waals surface area contributed by atoms with Crippen LogP contribution in [0.1, 0.15) is 23.8 Å². The summed E-state index contributed by atoms with van der Waals surface area (Å²) in [6.07, 6.45) is 2.35. The van der Waals surface area contributed by atoms with E-state index in [2.05, 4.69) is 22.2 Å². The van der Waals surface area contributed by atoms with Gasteiger partial charge in [-0.2, -0.15) is 0 Å². The molecule has 0 fully saturated rings. The van der Waals surface area contributed by atoms with Crippen LogP contribution < -0.4 is 0 Å². The van der Waals surface area contributed by atoms with Crippen molar-refractivity contribution in [2.45, 2.75) is 19.0 Å². The van der Waals surface area contributed by atoms with Gasteiger partial charge >= 0.3 is 0 Å². The highest BCUT2D eigenvalue weighted by atomic mass is 16.5. The van der Waals surface area contributed by atoms with Gasteiger partial charge < -0.3 is 9.63 Å². The predicted octanol–water partition coefficient (Wildman–Crippen LogP) is 2.23. The molecule has 2 rings (SSSR count). The Morgan fingerprint density at radius 2 is 2.06 bits per heavy atom. The van der Waals surface area contributed by atoms with Crippen LogP contribution in [0.15, 0.2) is 47.1 Å². The van der Waals surface area contributed by atoms with E-state index in [0.717, 1.165) is 5.76 Å². The molecule has 0 aliphatic rings. The second-order valence-electron chi connectivity index (χ2n) is 4.33. The lowest BCUT2D eigenvalue weighted by Crippen LogP contribution is -2.25. The lowest BCUT2D eigenvalue weighted by Gasteiger charge is -2.27. The van der Waals surface area contributed by atoms with Crippen LogP contribution in [0, 0.1) is 0 Å². The van der Waals surface area contributed by atoms with Gasteiger partial charge in [-0.25, -0.2) is 0 Å². The van der Waals surface area contributed by atoms with E-state index in [0.29, 0.717) is 13.0 Å². The molecule has 0 unspecified atom stereocenters. The van der Waals surface area contributed by atoms with Gasteiger partial charge in [0.1, 0.15) is 0 Å². The van der Waals surface area contributed by atoms with Crippen LogP contribution in [0.4, 0.5) is 0 Å². The highest BCUT2D eigenvalue weighted by molar-refractivity contribution is 5.19. The van der Waals surface area contributed by atoms with Crippen molar-refractivity contribution in [1.29, 1.82) is 0 Å². The molecule has 0 saturated carbocycles.